The summed E-state index contributed by atoms with van der Waals surface area (Å²) in [5.41, 5.74) is 4.30. The van der Waals surface area contributed by atoms with E-state index in [0.717, 1.165) is 50.9 Å². The maximum absolute atomic E-state index is 5.51. The van der Waals surface area contributed by atoms with E-state index in [2.05, 4.69) is 56.3 Å². The van der Waals surface area contributed by atoms with E-state index >= 15 is 0 Å². The molecule has 3 aromatic rings. The van der Waals surface area contributed by atoms with Crippen molar-refractivity contribution < 1.29 is 4.52 Å². The van der Waals surface area contributed by atoms with Gasteiger partial charge in [-0.05, 0) is 36.0 Å². The molecular formula is C24H28N4O. The molecule has 1 atom stereocenters. The van der Waals surface area contributed by atoms with Crippen LogP contribution >= 0.6 is 0 Å². The molecule has 0 unspecified atom stereocenters. The SMILES string of the molecule is c1ccc(Cc2noc(CN3CCN([C@@H]4CCc5ccccc5C4)CC3)n2)cc1. The van der Waals surface area contributed by atoms with E-state index in [1.165, 1.54) is 24.8 Å². The summed E-state index contributed by atoms with van der Waals surface area (Å²) in [5, 5.41) is 4.16. The third kappa shape index (κ3) is 4.41. The van der Waals surface area contributed by atoms with Gasteiger partial charge in [0.2, 0.25) is 5.89 Å². The van der Waals surface area contributed by atoms with Gasteiger partial charge in [-0.2, -0.15) is 4.98 Å². The normalized spacial score (nSPS) is 20.5. The van der Waals surface area contributed by atoms with Crippen LogP contribution in [-0.2, 0) is 25.8 Å². The van der Waals surface area contributed by atoms with Gasteiger partial charge in [0.15, 0.2) is 5.82 Å². The van der Waals surface area contributed by atoms with Gasteiger partial charge < -0.3 is 4.52 Å². The monoisotopic (exact) mass is 388 g/mol. The Bertz CT molecular complexity index is 931. The van der Waals surface area contributed by atoms with Crippen LogP contribution in [0.1, 0.15) is 34.8 Å². The molecule has 1 aliphatic heterocycles. The molecule has 2 aliphatic rings. The number of hydrogen-bond donors (Lipinski definition) is 0. The van der Waals surface area contributed by atoms with Gasteiger partial charge >= 0.3 is 0 Å². The molecule has 1 fully saturated rings. The summed E-state index contributed by atoms with van der Waals surface area (Å²) in [6.45, 7) is 5.13. The Balaban J connectivity index is 1.12. The van der Waals surface area contributed by atoms with Crippen molar-refractivity contribution in [3.05, 3.63) is 83.0 Å². The molecule has 2 heterocycles. The van der Waals surface area contributed by atoms with Crippen LogP contribution in [0.15, 0.2) is 59.1 Å². The van der Waals surface area contributed by atoms with Gasteiger partial charge in [0, 0.05) is 38.6 Å². The zero-order valence-corrected chi connectivity index (χ0v) is 16.8. The predicted octanol–water partition coefficient (Wildman–Crippen LogP) is 3.34. The molecule has 0 spiro atoms. The second kappa shape index (κ2) is 8.47. The zero-order chi connectivity index (χ0) is 19.5. The molecule has 1 saturated heterocycles. The summed E-state index contributed by atoms with van der Waals surface area (Å²) in [6.07, 6.45) is 4.42. The van der Waals surface area contributed by atoms with Gasteiger partial charge in [0.25, 0.3) is 0 Å². The van der Waals surface area contributed by atoms with E-state index in [0.29, 0.717) is 6.04 Å². The topological polar surface area (TPSA) is 45.4 Å². The van der Waals surface area contributed by atoms with E-state index in [4.69, 9.17) is 4.52 Å². The second-order valence-corrected chi connectivity index (χ2v) is 8.24. The van der Waals surface area contributed by atoms with E-state index in [-0.39, 0.29) is 0 Å². The molecule has 150 valence electrons. The van der Waals surface area contributed by atoms with Gasteiger partial charge in [0.1, 0.15) is 0 Å². The first-order valence-corrected chi connectivity index (χ1v) is 10.7. The first-order chi connectivity index (χ1) is 14.3. The number of nitrogens with zero attached hydrogens (tertiary/aromatic N) is 4. The molecule has 29 heavy (non-hydrogen) atoms. The van der Waals surface area contributed by atoms with E-state index < -0.39 is 0 Å². The van der Waals surface area contributed by atoms with Crippen molar-refractivity contribution in [1.82, 2.24) is 19.9 Å². The van der Waals surface area contributed by atoms with Crippen molar-refractivity contribution in [3.8, 4) is 0 Å². The number of rotatable bonds is 5. The van der Waals surface area contributed by atoms with Crippen molar-refractivity contribution in [1.29, 1.82) is 0 Å². The quantitative estimate of drug-likeness (QED) is 0.671. The minimum absolute atomic E-state index is 0.688. The number of hydrogen-bond acceptors (Lipinski definition) is 5. The Morgan fingerprint density at radius 2 is 1.66 bits per heavy atom. The van der Waals surface area contributed by atoms with Gasteiger partial charge in [-0.25, -0.2) is 0 Å². The van der Waals surface area contributed by atoms with Crippen LogP contribution < -0.4 is 0 Å². The summed E-state index contributed by atoms with van der Waals surface area (Å²) < 4.78 is 5.51. The van der Waals surface area contributed by atoms with E-state index in [1.807, 2.05) is 18.2 Å². The molecule has 0 radical (unpaired) electrons. The highest BCUT2D eigenvalue weighted by Crippen LogP contribution is 2.25. The highest BCUT2D eigenvalue weighted by Gasteiger charge is 2.27. The smallest absolute Gasteiger partial charge is 0.240 e. The highest BCUT2D eigenvalue weighted by atomic mass is 16.5. The number of fused-ring (bicyclic) bond motifs is 1. The fourth-order valence-corrected chi connectivity index (χ4v) is 4.67. The summed E-state index contributed by atoms with van der Waals surface area (Å²) in [7, 11) is 0. The first-order valence-electron chi connectivity index (χ1n) is 10.7. The van der Waals surface area contributed by atoms with Gasteiger partial charge in [-0.3, -0.25) is 9.80 Å². The molecule has 2 aromatic carbocycles. The molecule has 5 nitrogen and oxygen atoms in total. The Morgan fingerprint density at radius 3 is 2.48 bits per heavy atom. The van der Waals surface area contributed by atoms with Crippen molar-refractivity contribution in [2.45, 2.75) is 38.3 Å². The molecule has 1 aromatic heterocycles. The summed E-state index contributed by atoms with van der Waals surface area (Å²) in [5.74, 6) is 1.50. The van der Waals surface area contributed by atoms with Crippen LogP contribution in [0.4, 0.5) is 0 Å². The molecular weight excluding hydrogens is 360 g/mol. The van der Waals surface area contributed by atoms with E-state index in [1.54, 1.807) is 11.1 Å². The predicted molar refractivity (Wildman–Crippen MR) is 113 cm³/mol. The van der Waals surface area contributed by atoms with Crippen molar-refractivity contribution in [2.75, 3.05) is 26.2 Å². The first kappa shape index (κ1) is 18.5. The third-order valence-corrected chi connectivity index (χ3v) is 6.32. The van der Waals surface area contributed by atoms with Gasteiger partial charge in [-0.15, -0.1) is 0 Å². The number of benzene rings is 2. The van der Waals surface area contributed by atoms with Crippen LogP contribution in [0.3, 0.4) is 0 Å². The maximum atomic E-state index is 5.51. The fourth-order valence-electron chi connectivity index (χ4n) is 4.67. The molecule has 5 rings (SSSR count). The maximum Gasteiger partial charge on any atom is 0.240 e. The molecule has 1 aliphatic carbocycles. The van der Waals surface area contributed by atoms with Crippen LogP contribution in [0.2, 0.25) is 0 Å². The Morgan fingerprint density at radius 1 is 0.897 bits per heavy atom. The summed E-state index contributed by atoms with van der Waals surface area (Å²) >= 11 is 0. The molecule has 0 saturated carbocycles. The lowest BCUT2D eigenvalue weighted by atomic mass is 9.87. The number of piperazine rings is 1. The lowest BCUT2D eigenvalue weighted by molar-refractivity contribution is 0.0795. The third-order valence-electron chi connectivity index (χ3n) is 6.32. The van der Waals surface area contributed by atoms with Crippen molar-refractivity contribution in [2.24, 2.45) is 0 Å². The van der Waals surface area contributed by atoms with Crippen LogP contribution in [0.25, 0.3) is 0 Å². The molecule has 0 amide bonds. The minimum atomic E-state index is 0.688. The standard InChI is InChI=1S/C24H28N4O/c1-2-6-19(7-3-1)16-23-25-24(29-26-23)18-27-12-14-28(15-13-27)22-11-10-20-8-4-5-9-21(20)17-22/h1-9,22H,10-18H2/t22-/m1/s1. The Kier molecular flexibility index (Phi) is 5.41. The van der Waals surface area contributed by atoms with Crippen LogP contribution in [-0.4, -0.2) is 52.2 Å². The molecule has 0 N–H and O–H groups in total. The second-order valence-electron chi connectivity index (χ2n) is 8.24. The highest BCUT2D eigenvalue weighted by molar-refractivity contribution is 5.30. The summed E-state index contributed by atoms with van der Waals surface area (Å²) in [6, 6.07) is 19.9. The Hall–Kier alpha value is -2.50. The average Bonchev–Trinajstić information content (AvgIpc) is 3.21. The van der Waals surface area contributed by atoms with Crippen molar-refractivity contribution >= 4 is 0 Å². The van der Waals surface area contributed by atoms with E-state index in [9.17, 15) is 0 Å². The molecule has 0 bridgehead atoms. The lowest BCUT2D eigenvalue weighted by Crippen LogP contribution is -2.51. The summed E-state index contributed by atoms with van der Waals surface area (Å²) in [4.78, 5) is 9.72. The van der Waals surface area contributed by atoms with Crippen LogP contribution in [0, 0.1) is 0 Å². The lowest BCUT2D eigenvalue weighted by Gasteiger charge is -2.40. The number of aryl methyl sites for hydroxylation is 1. The van der Waals surface area contributed by atoms with Gasteiger partial charge in [0.05, 0.1) is 6.54 Å². The average molecular weight is 389 g/mol. The largest absolute Gasteiger partial charge is 0.338 e. The Labute approximate surface area is 172 Å². The minimum Gasteiger partial charge on any atom is -0.338 e. The zero-order valence-electron chi connectivity index (χ0n) is 16.8. The van der Waals surface area contributed by atoms with Crippen molar-refractivity contribution in [3.63, 3.8) is 0 Å². The van der Waals surface area contributed by atoms with Crippen LogP contribution in [0.5, 0.6) is 0 Å². The number of aromatic nitrogens is 2. The van der Waals surface area contributed by atoms with Gasteiger partial charge in [-0.1, -0.05) is 59.8 Å². The fraction of sp³-hybridized carbons (Fsp3) is 0.417. The molecule has 5 heteroatoms.